The quantitative estimate of drug-likeness (QED) is 0.143. The van der Waals surface area contributed by atoms with Crippen molar-refractivity contribution in [1.82, 2.24) is 20.9 Å². The van der Waals surface area contributed by atoms with Crippen LogP contribution in [0, 0.1) is 0 Å². The van der Waals surface area contributed by atoms with Crippen LogP contribution in [0.15, 0.2) is 54.7 Å². The number of phenolic OH excluding ortho intramolecular Hbond substituents is 1. The molecule has 40 heavy (non-hydrogen) atoms. The molecule has 9 N–H and O–H groups in total. The highest BCUT2D eigenvalue weighted by atomic mass is 16.4. The monoisotopic (exact) mass is 553 g/mol. The number of fused-ring (bicyclic) bond motifs is 1. The highest BCUT2D eigenvalue weighted by Crippen LogP contribution is 2.19. The van der Waals surface area contributed by atoms with Crippen molar-refractivity contribution in [3.8, 4) is 5.75 Å². The van der Waals surface area contributed by atoms with Crippen LogP contribution in [-0.2, 0) is 36.8 Å². The summed E-state index contributed by atoms with van der Waals surface area (Å²) in [6, 6.07) is 8.10. The highest BCUT2D eigenvalue weighted by Gasteiger charge is 2.31. The lowest BCUT2D eigenvalue weighted by atomic mass is 10.0. The number of aromatic nitrogens is 1. The third-order valence-corrected chi connectivity index (χ3v) is 6.20. The van der Waals surface area contributed by atoms with Gasteiger partial charge in [-0.2, -0.15) is 0 Å². The Labute approximate surface area is 228 Å². The van der Waals surface area contributed by atoms with Gasteiger partial charge in [0.05, 0.1) is 12.5 Å². The van der Waals surface area contributed by atoms with Gasteiger partial charge in [-0.05, 0) is 42.7 Å². The Hall–Kier alpha value is -4.91. The standard InChI is InChI=1S/C27H31N5O8/c1-14(27(39)40)30-25(37)22(12-23(34)35)32-26(38)21(11-16-13-29-20-5-3-2-4-18(16)20)31-24(36)19(28)10-15-6-8-17(33)9-7-15/h2-9,13-14,19,21-22,29,33H,10-12,28H2,1H3,(H,30,37)(H,31,36)(H,32,38)(H,34,35)(H,39,40). The maximum absolute atomic E-state index is 13.4. The zero-order chi connectivity index (χ0) is 29.4. The van der Waals surface area contributed by atoms with Crippen LogP contribution in [0.4, 0.5) is 0 Å². The highest BCUT2D eigenvalue weighted by molar-refractivity contribution is 5.96. The SMILES string of the molecule is CC(NC(=O)C(CC(=O)O)NC(=O)C(Cc1c[nH]c2ccccc12)NC(=O)C(N)Cc1ccc(O)cc1)C(=O)O. The van der Waals surface area contributed by atoms with E-state index in [4.69, 9.17) is 10.8 Å². The second kappa shape index (κ2) is 13.2. The molecule has 4 unspecified atom stereocenters. The fourth-order valence-corrected chi connectivity index (χ4v) is 4.02. The molecule has 2 aromatic carbocycles. The van der Waals surface area contributed by atoms with E-state index in [1.54, 1.807) is 24.4 Å². The van der Waals surface area contributed by atoms with Gasteiger partial charge in [0.2, 0.25) is 17.7 Å². The predicted octanol–water partition coefficient (Wildman–Crippen LogP) is 0.0196. The number of carboxylic acids is 2. The molecule has 3 rings (SSSR count). The molecule has 0 fully saturated rings. The van der Waals surface area contributed by atoms with Crippen LogP contribution in [0.1, 0.15) is 24.5 Å². The molecule has 212 valence electrons. The minimum absolute atomic E-state index is 0.0273. The predicted molar refractivity (Wildman–Crippen MR) is 143 cm³/mol. The van der Waals surface area contributed by atoms with Gasteiger partial charge < -0.3 is 42.0 Å². The molecule has 0 saturated heterocycles. The first-order valence-electron chi connectivity index (χ1n) is 12.4. The number of H-pyrrole nitrogens is 1. The van der Waals surface area contributed by atoms with Crippen molar-refractivity contribution in [1.29, 1.82) is 0 Å². The van der Waals surface area contributed by atoms with Crippen LogP contribution >= 0.6 is 0 Å². The van der Waals surface area contributed by atoms with Gasteiger partial charge in [0.15, 0.2) is 0 Å². The second-order valence-corrected chi connectivity index (χ2v) is 9.33. The number of rotatable bonds is 13. The number of carbonyl (C=O) groups excluding carboxylic acids is 3. The first-order chi connectivity index (χ1) is 18.9. The molecule has 1 heterocycles. The summed E-state index contributed by atoms with van der Waals surface area (Å²) in [7, 11) is 0. The Balaban J connectivity index is 1.82. The summed E-state index contributed by atoms with van der Waals surface area (Å²) in [5, 5.41) is 35.7. The molecule has 3 aromatic rings. The van der Waals surface area contributed by atoms with Crippen LogP contribution < -0.4 is 21.7 Å². The van der Waals surface area contributed by atoms with E-state index in [1.807, 2.05) is 18.2 Å². The molecule has 4 atom stereocenters. The van der Waals surface area contributed by atoms with Gasteiger partial charge >= 0.3 is 11.9 Å². The van der Waals surface area contributed by atoms with Crippen molar-refractivity contribution in [2.75, 3.05) is 0 Å². The number of nitrogens with one attached hydrogen (secondary N) is 4. The van der Waals surface area contributed by atoms with Crippen LogP contribution in [0.2, 0.25) is 0 Å². The second-order valence-electron chi connectivity index (χ2n) is 9.33. The number of aromatic amines is 1. The van der Waals surface area contributed by atoms with E-state index in [2.05, 4.69) is 20.9 Å². The number of aromatic hydroxyl groups is 1. The molecule has 0 bridgehead atoms. The molecule has 0 radical (unpaired) electrons. The number of benzene rings is 2. The van der Waals surface area contributed by atoms with Gasteiger partial charge in [-0.25, -0.2) is 0 Å². The number of hydrogen-bond acceptors (Lipinski definition) is 7. The van der Waals surface area contributed by atoms with Crippen LogP contribution in [-0.4, -0.2) is 74.1 Å². The first kappa shape index (κ1) is 29.6. The first-order valence-corrected chi connectivity index (χ1v) is 12.4. The van der Waals surface area contributed by atoms with Gasteiger partial charge in [-0.3, -0.25) is 24.0 Å². The molecule has 0 saturated carbocycles. The number of amides is 3. The third kappa shape index (κ3) is 8.04. The van der Waals surface area contributed by atoms with Crippen molar-refractivity contribution in [2.45, 2.75) is 50.4 Å². The molecule has 13 heteroatoms. The van der Waals surface area contributed by atoms with E-state index in [-0.39, 0.29) is 18.6 Å². The molecule has 0 aliphatic carbocycles. The number of carboxylic acid groups (broad SMARTS) is 2. The van der Waals surface area contributed by atoms with Crippen LogP contribution in [0.5, 0.6) is 5.75 Å². The van der Waals surface area contributed by atoms with Crippen LogP contribution in [0.3, 0.4) is 0 Å². The van der Waals surface area contributed by atoms with Crippen LogP contribution in [0.25, 0.3) is 10.9 Å². The number of aliphatic carboxylic acids is 2. The average Bonchev–Trinajstić information content (AvgIpc) is 3.31. The Morgan fingerprint density at radius 2 is 1.48 bits per heavy atom. The summed E-state index contributed by atoms with van der Waals surface area (Å²) >= 11 is 0. The Kier molecular flexibility index (Phi) is 9.81. The summed E-state index contributed by atoms with van der Waals surface area (Å²) in [4.78, 5) is 64.6. The number of para-hydroxylation sites is 1. The lowest BCUT2D eigenvalue weighted by Gasteiger charge is -2.24. The van der Waals surface area contributed by atoms with Crippen molar-refractivity contribution in [3.63, 3.8) is 0 Å². The van der Waals surface area contributed by atoms with Gasteiger partial charge in [0, 0.05) is 23.5 Å². The largest absolute Gasteiger partial charge is 0.508 e. The summed E-state index contributed by atoms with van der Waals surface area (Å²) in [5.41, 5.74) is 8.22. The topological polar surface area (TPSA) is 224 Å². The lowest BCUT2D eigenvalue weighted by molar-refractivity contribution is -0.143. The maximum atomic E-state index is 13.4. The van der Waals surface area contributed by atoms with E-state index in [0.29, 0.717) is 11.1 Å². The number of phenols is 1. The smallest absolute Gasteiger partial charge is 0.325 e. The van der Waals surface area contributed by atoms with Gasteiger partial charge in [0.25, 0.3) is 0 Å². The molecule has 0 aliphatic heterocycles. The molecule has 0 spiro atoms. The van der Waals surface area contributed by atoms with E-state index in [0.717, 1.165) is 10.9 Å². The Bertz CT molecular complexity index is 1390. The van der Waals surface area contributed by atoms with Crippen molar-refractivity contribution in [3.05, 3.63) is 65.9 Å². The van der Waals surface area contributed by atoms with Gasteiger partial charge in [0.1, 0.15) is 23.9 Å². The zero-order valence-electron chi connectivity index (χ0n) is 21.6. The number of nitrogens with two attached hydrogens (primary N) is 1. The van der Waals surface area contributed by atoms with E-state index in [9.17, 15) is 34.2 Å². The van der Waals surface area contributed by atoms with Gasteiger partial charge in [-0.1, -0.05) is 30.3 Å². The Morgan fingerprint density at radius 1 is 0.850 bits per heavy atom. The van der Waals surface area contributed by atoms with E-state index >= 15 is 0 Å². The van der Waals surface area contributed by atoms with E-state index < -0.39 is 60.2 Å². The normalized spacial score (nSPS) is 13.9. The molecular weight excluding hydrogens is 522 g/mol. The molecule has 13 nitrogen and oxygen atoms in total. The van der Waals surface area contributed by atoms with Crippen molar-refractivity contribution >= 4 is 40.6 Å². The summed E-state index contributed by atoms with van der Waals surface area (Å²) in [6.45, 7) is 1.19. The third-order valence-electron chi connectivity index (χ3n) is 6.20. The van der Waals surface area contributed by atoms with Crippen molar-refractivity contribution < 1.29 is 39.3 Å². The molecule has 3 amide bonds. The number of hydrogen-bond donors (Lipinski definition) is 8. The zero-order valence-corrected chi connectivity index (χ0v) is 21.6. The average molecular weight is 554 g/mol. The maximum Gasteiger partial charge on any atom is 0.325 e. The molecule has 0 aliphatic rings. The Morgan fingerprint density at radius 3 is 2.12 bits per heavy atom. The molecule has 1 aromatic heterocycles. The molecular formula is C27H31N5O8. The van der Waals surface area contributed by atoms with E-state index in [1.165, 1.54) is 19.1 Å². The summed E-state index contributed by atoms with van der Waals surface area (Å²) in [5.74, 6) is -5.24. The lowest BCUT2D eigenvalue weighted by Crippen LogP contribution is -2.58. The summed E-state index contributed by atoms with van der Waals surface area (Å²) in [6.07, 6.45) is 0.923. The fraction of sp³-hybridized carbons (Fsp3) is 0.296. The minimum atomic E-state index is -1.61. The fourth-order valence-electron chi connectivity index (χ4n) is 4.02. The number of carbonyl (C=O) groups is 5. The minimum Gasteiger partial charge on any atom is -0.508 e. The van der Waals surface area contributed by atoms with Gasteiger partial charge in [-0.15, -0.1) is 0 Å². The van der Waals surface area contributed by atoms with Crippen molar-refractivity contribution in [2.24, 2.45) is 5.73 Å². The summed E-state index contributed by atoms with van der Waals surface area (Å²) < 4.78 is 0.